The summed E-state index contributed by atoms with van der Waals surface area (Å²) in [6, 6.07) is 6.05. The fourth-order valence-corrected chi connectivity index (χ4v) is 3.47. The van der Waals surface area contributed by atoms with Gasteiger partial charge in [-0.25, -0.2) is 0 Å². The first-order valence-electron chi connectivity index (χ1n) is 8.57. The van der Waals surface area contributed by atoms with E-state index in [4.69, 9.17) is 0 Å². The highest BCUT2D eigenvalue weighted by atomic mass is 16.6. The Balaban J connectivity index is 2.14. The van der Waals surface area contributed by atoms with Crippen molar-refractivity contribution in [2.75, 3.05) is 6.54 Å². The number of non-ortho nitro benzene ring substituents is 1. The standard InChI is InChI=1S/C18H28N2O4/c1-18(2,3)19(15-6-4-5-7-16(15)21)12-17(22)13-8-10-14(11-9-13)20(23)24/h8-11,15-17,21-22H,4-7,12H2,1-3H3/t15-,16+,17+/m1/s1. The molecule has 134 valence electrons. The Morgan fingerprint density at radius 1 is 1.25 bits per heavy atom. The van der Waals surface area contributed by atoms with Crippen LogP contribution in [0.25, 0.3) is 0 Å². The van der Waals surface area contributed by atoms with Crippen LogP contribution in [0.15, 0.2) is 24.3 Å². The maximum Gasteiger partial charge on any atom is 0.269 e. The van der Waals surface area contributed by atoms with Gasteiger partial charge < -0.3 is 10.2 Å². The van der Waals surface area contributed by atoms with Crippen molar-refractivity contribution in [2.45, 2.75) is 70.2 Å². The minimum Gasteiger partial charge on any atom is -0.391 e. The van der Waals surface area contributed by atoms with Gasteiger partial charge in [-0.15, -0.1) is 0 Å². The Morgan fingerprint density at radius 3 is 2.33 bits per heavy atom. The third-order valence-corrected chi connectivity index (χ3v) is 4.81. The molecule has 1 aliphatic carbocycles. The largest absolute Gasteiger partial charge is 0.391 e. The maximum absolute atomic E-state index is 10.7. The molecule has 2 N–H and O–H groups in total. The molecule has 0 saturated heterocycles. The first-order valence-corrected chi connectivity index (χ1v) is 8.57. The molecule has 3 atom stereocenters. The van der Waals surface area contributed by atoms with Gasteiger partial charge in [-0.3, -0.25) is 15.0 Å². The topological polar surface area (TPSA) is 86.8 Å². The Hall–Kier alpha value is -1.50. The number of hydrogen-bond acceptors (Lipinski definition) is 5. The summed E-state index contributed by atoms with van der Waals surface area (Å²) in [4.78, 5) is 12.5. The van der Waals surface area contributed by atoms with Crippen molar-refractivity contribution < 1.29 is 15.1 Å². The van der Waals surface area contributed by atoms with Crippen molar-refractivity contribution in [3.63, 3.8) is 0 Å². The predicted molar refractivity (Wildman–Crippen MR) is 92.8 cm³/mol. The summed E-state index contributed by atoms with van der Waals surface area (Å²) in [5.74, 6) is 0. The summed E-state index contributed by atoms with van der Waals surface area (Å²) in [6.07, 6.45) is 2.72. The van der Waals surface area contributed by atoms with Crippen molar-refractivity contribution in [1.29, 1.82) is 0 Å². The second kappa shape index (κ2) is 7.59. The van der Waals surface area contributed by atoms with E-state index in [9.17, 15) is 20.3 Å². The molecule has 1 fully saturated rings. The lowest BCUT2D eigenvalue weighted by Crippen LogP contribution is -2.55. The van der Waals surface area contributed by atoms with Crippen LogP contribution in [-0.4, -0.2) is 44.3 Å². The molecule has 1 aromatic rings. The van der Waals surface area contributed by atoms with Crippen LogP contribution in [-0.2, 0) is 0 Å². The van der Waals surface area contributed by atoms with E-state index in [0.29, 0.717) is 12.1 Å². The zero-order valence-electron chi connectivity index (χ0n) is 14.7. The van der Waals surface area contributed by atoms with Crippen LogP contribution in [0.4, 0.5) is 5.69 Å². The number of nitro benzene ring substituents is 1. The number of nitro groups is 1. The minimum absolute atomic E-state index is 0.0151. The molecule has 0 unspecified atom stereocenters. The fraction of sp³-hybridized carbons (Fsp3) is 0.667. The zero-order valence-corrected chi connectivity index (χ0v) is 14.7. The van der Waals surface area contributed by atoms with Gasteiger partial charge in [0.2, 0.25) is 0 Å². The lowest BCUT2D eigenvalue weighted by atomic mass is 9.88. The predicted octanol–water partition coefficient (Wildman–Crippen LogP) is 3.03. The van der Waals surface area contributed by atoms with E-state index in [-0.39, 0.29) is 23.4 Å². The quantitative estimate of drug-likeness (QED) is 0.637. The van der Waals surface area contributed by atoms with Gasteiger partial charge in [-0.05, 0) is 51.3 Å². The SMILES string of the molecule is CC(C)(C)N(C[C@H](O)c1ccc([N+](=O)[O-])cc1)[C@@H]1CCCC[C@@H]1O. The number of benzene rings is 1. The molecule has 6 nitrogen and oxygen atoms in total. The third-order valence-electron chi connectivity index (χ3n) is 4.81. The van der Waals surface area contributed by atoms with E-state index in [1.165, 1.54) is 12.1 Å². The zero-order chi connectivity index (χ0) is 17.9. The molecular weight excluding hydrogens is 308 g/mol. The Morgan fingerprint density at radius 2 is 1.83 bits per heavy atom. The first kappa shape index (κ1) is 18.8. The molecular formula is C18H28N2O4. The summed E-state index contributed by atoms with van der Waals surface area (Å²) in [6.45, 7) is 6.63. The number of nitrogens with zero attached hydrogens (tertiary/aromatic N) is 2. The average Bonchev–Trinajstić information content (AvgIpc) is 2.52. The molecule has 0 amide bonds. The lowest BCUT2D eigenvalue weighted by Gasteiger charge is -2.46. The van der Waals surface area contributed by atoms with Gasteiger partial charge in [0.25, 0.3) is 5.69 Å². The van der Waals surface area contributed by atoms with Crippen LogP contribution in [0.2, 0.25) is 0 Å². The number of rotatable bonds is 5. The van der Waals surface area contributed by atoms with Crippen LogP contribution < -0.4 is 0 Å². The molecule has 1 aliphatic rings. The van der Waals surface area contributed by atoms with Crippen molar-refractivity contribution >= 4 is 5.69 Å². The number of aliphatic hydroxyl groups excluding tert-OH is 2. The highest BCUT2D eigenvalue weighted by Gasteiger charge is 2.36. The van der Waals surface area contributed by atoms with E-state index in [0.717, 1.165) is 25.7 Å². The fourth-order valence-electron chi connectivity index (χ4n) is 3.47. The molecule has 1 saturated carbocycles. The Labute approximate surface area is 143 Å². The molecule has 2 rings (SSSR count). The molecule has 1 aromatic carbocycles. The normalized spacial score (nSPS) is 23.2. The van der Waals surface area contributed by atoms with E-state index in [1.807, 2.05) is 0 Å². The summed E-state index contributed by atoms with van der Waals surface area (Å²) in [7, 11) is 0. The smallest absolute Gasteiger partial charge is 0.269 e. The number of aliphatic hydroxyl groups is 2. The van der Waals surface area contributed by atoms with Crippen LogP contribution >= 0.6 is 0 Å². The summed E-state index contributed by atoms with van der Waals surface area (Å²) in [5.41, 5.74) is 0.478. The molecule has 0 heterocycles. The minimum atomic E-state index is -0.751. The van der Waals surface area contributed by atoms with Crippen LogP contribution in [0.5, 0.6) is 0 Å². The molecule has 24 heavy (non-hydrogen) atoms. The Bertz CT molecular complexity index is 553. The van der Waals surface area contributed by atoms with Crippen molar-refractivity contribution in [2.24, 2.45) is 0 Å². The summed E-state index contributed by atoms with van der Waals surface area (Å²) < 4.78 is 0. The van der Waals surface area contributed by atoms with E-state index >= 15 is 0 Å². The summed E-state index contributed by atoms with van der Waals surface area (Å²) in [5, 5.41) is 31.7. The molecule has 0 bridgehead atoms. The number of β-amino-alcohol motifs (C(OH)–C–C–N with tert-alkyl or cyclic N) is 1. The van der Waals surface area contributed by atoms with Crippen LogP contribution in [0, 0.1) is 10.1 Å². The molecule has 0 radical (unpaired) electrons. The monoisotopic (exact) mass is 336 g/mol. The van der Waals surface area contributed by atoms with Crippen molar-refractivity contribution in [1.82, 2.24) is 4.90 Å². The molecule has 6 heteroatoms. The van der Waals surface area contributed by atoms with Crippen molar-refractivity contribution in [3.05, 3.63) is 39.9 Å². The van der Waals surface area contributed by atoms with Gasteiger partial charge in [0.1, 0.15) is 0 Å². The molecule has 0 spiro atoms. The molecule has 0 aliphatic heterocycles. The van der Waals surface area contributed by atoms with Crippen LogP contribution in [0.1, 0.15) is 58.1 Å². The Kier molecular flexibility index (Phi) is 5.96. The highest BCUT2D eigenvalue weighted by Crippen LogP contribution is 2.31. The maximum atomic E-state index is 10.7. The highest BCUT2D eigenvalue weighted by molar-refractivity contribution is 5.33. The van der Waals surface area contributed by atoms with E-state index in [1.54, 1.807) is 12.1 Å². The first-order chi connectivity index (χ1) is 11.2. The average molecular weight is 336 g/mol. The second-order valence-electron chi connectivity index (χ2n) is 7.61. The van der Waals surface area contributed by atoms with Crippen LogP contribution in [0.3, 0.4) is 0 Å². The van der Waals surface area contributed by atoms with E-state index in [2.05, 4.69) is 25.7 Å². The summed E-state index contributed by atoms with van der Waals surface area (Å²) >= 11 is 0. The van der Waals surface area contributed by atoms with Gasteiger partial charge >= 0.3 is 0 Å². The second-order valence-corrected chi connectivity index (χ2v) is 7.61. The van der Waals surface area contributed by atoms with Gasteiger partial charge in [0.05, 0.1) is 17.1 Å². The van der Waals surface area contributed by atoms with E-state index < -0.39 is 11.0 Å². The van der Waals surface area contributed by atoms with Gasteiger partial charge in [-0.2, -0.15) is 0 Å². The van der Waals surface area contributed by atoms with Gasteiger partial charge in [0, 0.05) is 30.3 Å². The van der Waals surface area contributed by atoms with Gasteiger partial charge in [0.15, 0.2) is 0 Å². The lowest BCUT2D eigenvalue weighted by molar-refractivity contribution is -0.384. The van der Waals surface area contributed by atoms with Crippen molar-refractivity contribution in [3.8, 4) is 0 Å². The third kappa shape index (κ3) is 4.53. The van der Waals surface area contributed by atoms with Gasteiger partial charge in [-0.1, -0.05) is 12.8 Å². The molecule has 0 aromatic heterocycles. The number of hydrogen-bond donors (Lipinski definition) is 2.